The van der Waals surface area contributed by atoms with Gasteiger partial charge in [-0.2, -0.15) is 0 Å². The molecular formula is C27H33FN2O7. The molecule has 2 heterocycles. The zero-order valence-corrected chi connectivity index (χ0v) is 21.8. The van der Waals surface area contributed by atoms with Crippen molar-refractivity contribution in [2.24, 2.45) is 5.92 Å². The summed E-state index contributed by atoms with van der Waals surface area (Å²) in [6.45, 7) is 6.80. The largest absolute Gasteiger partial charge is 0.491 e. The standard InChI is InChI=1S/C27H33FN2O7/c1-27(2,3)37-26(33)29-15-12-18(13-16-29)17-36-21-11-8-10-20(28)23(21)30-14-7-6-9-19(24(31)34-4)22(30)25(32)35-5/h6-11,14,18H,12-13,15-17H2,1-5H3. The number of anilines is 1. The Morgan fingerprint density at radius 3 is 2.32 bits per heavy atom. The summed E-state index contributed by atoms with van der Waals surface area (Å²) in [7, 11) is 2.36. The summed E-state index contributed by atoms with van der Waals surface area (Å²) < 4.78 is 36.4. The molecule has 3 rings (SSSR count). The van der Waals surface area contributed by atoms with Crippen LogP contribution in [0.25, 0.3) is 0 Å². The minimum Gasteiger partial charge on any atom is -0.491 e. The highest BCUT2D eigenvalue weighted by molar-refractivity contribution is 6.05. The number of nitrogens with zero attached hydrogens (tertiary/aromatic N) is 2. The second kappa shape index (κ2) is 11.9. The van der Waals surface area contributed by atoms with E-state index in [0.29, 0.717) is 25.9 Å². The molecule has 0 unspecified atom stereocenters. The number of allylic oxidation sites excluding steroid dienone is 2. The Morgan fingerprint density at radius 2 is 1.70 bits per heavy atom. The molecule has 1 aromatic carbocycles. The van der Waals surface area contributed by atoms with Crippen LogP contribution in [0.5, 0.6) is 5.75 Å². The van der Waals surface area contributed by atoms with E-state index in [1.165, 1.54) is 49.6 Å². The molecule has 0 bridgehead atoms. The van der Waals surface area contributed by atoms with Crippen molar-refractivity contribution >= 4 is 23.7 Å². The van der Waals surface area contributed by atoms with Crippen LogP contribution in [0.15, 0.2) is 53.9 Å². The van der Waals surface area contributed by atoms with E-state index in [0.717, 1.165) is 0 Å². The van der Waals surface area contributed by atoms with Gasteiger partial charge in [-0.25, -0.2) is 18.8 Å². The Balaban J connectivity index is 1.81. The van der Waals surface area contributed by atoms with Gasteiger partial charge in [0, 0.05) is 19.3 Å². The molecule has 200 valence electrons. The van der Waals surface area contributed by atoms with Crippen molar-refractivity contribution < 1.29 is 37.7 Å². The van der Waals surface area contributed by atoms with E-state index < -0.39 is 23.4 Å². The number of ether oxygens (including phenoxy) is 4. The van der Waals surface area contributed by atoms with Crippen LogP contribution in [0.2, 0.25) is 0 Å². The number of halogens is 1. The molecule has 1 aromatic rings. The van der Waals surface area contributed by atoms with E-state index in [9.17, 15) is 14.4 Å². The Labute approximate surface area is 216 Å². The molecular weight excluding hydrogens is 483 g/mol. The lowest BCUT2D eigenvalue weighted by Gasteiger charge is -2.33. The zero-order chi connectivity index (χ0) is 27.2. The number of piperidine rings is 1. The van der Waals surface area contributed by atoms with Gasteiger partial charge in [0.25, 0.3) is 0 Å². The van der Waals surface area contributed by atoms with Gasteiger partial charge in [-0.05, 0) is 63.8 Å². The van der Waals surface area contributed by atoms with E-state index in [4.69, 9.17) is 18.9 Å². The number of benzene rings is 1. The van der Waals surface area contributed by atoms with Crippen molar-refractivity contribution in [3.63, 3.8) is 0 Å². The van der Waals surface area contributed by atoms with Gasteiger partial charge in [-0.3, -0.25) is 0 Å². The topological polar surface area (TPSA) is 94.6 Å². The third-order valence-electron chi connectivity index (χ3n) is 5.82. The first-order valence-electron chi connectivity index (χ1n) is 12.0. The SMILES string of the molecule is COC(=O)C1=C(C(=O)OC)N(c2c(F)cccc2OCC2CCN(C(=O)OC(C)(C)C)CC2)C=CC=C1. The normalized spacial score (nSPS) is 16.4. The number of hydrogen-bond acceptors (Lipinski definition) is 8. The first kappa shape index (κ1) is 27.8. The first-order chi connectivity index (χ1) is 17.6. The Hall–Kier alpha value is -3.82. The quantitative estimate of drug-likeness (QED) is 0.407. The van der Waals surface area contributed by atoms with Crippen LogP contribution in [-0.2, 0) is 23.8 Å². The van der Waals surface area contributed by atoms with Crippen LogP contribution in [0.4, 0.5) is 14.9 Å². The average Bonchev–Trinajstić information content (AvgIpc) is 3.08. The summed E-state index contributed by atoms with van der Waals surface area (Å²) in [5, 5.41) is 0. The van der Waals surface area contributed by atoms with Gasteiger partial charge in [0.2, 0.25) is 0 Å². The van der Waals surface area contributed by atoms with Crippen molar-refractivity contribution in [2.45, 2.75) is 39.2 Å². The summed E-state index contributed by atoms with van der Waals surface area (Å²) in [4.78, 5) is 40.4. The molecule has 0 atom stereocenters. The third-order valence-corrected chi connectivity index (χ3v) is 5.82. The van der Waals surface area contributed by atoms with Gasteiger partial charge in [0.1, 0.15) is 22.7 Å². The number of hydrogen-bond donors (Lipinski definition) is 0. The summed E-state index contributed by atoms with van der Waals surface area (Å²) >= 11 is 0. The molecule has 1 saturated heterocycles. The van der Waals surface area contributed by atoms with Crippen LogP contribution in [0.3, 0.4) is 0 Å². The molecule has 1 fully saturated rings. The number of carbonyl (C=O) groups excluding carboxylic acids is 3. The second-order valence-electron chi connectivity index (χ2n) is 9.62. The maximum Gasteiger partial charge on any atom is 0.410 e. The molecule has 0 radical (unpaired) electrons. The smallest absolute Gasteiger partial charge is 0.410 e. The molecule has 2 aliphatic heterocycles. The fourth-order valence-corrected chi connectivity index (χ4v) is 4.00. The highest BCUT2D eigenvalue weighted by atomic mass is 19.1. The Bertz CT molecular complexity index is 1110. The highest BCUT2D eigenvalue weighted by Crippen LogP contribution is 2.37. The van der Waals surface area contributed by atoms with Crippen LogP contribution in [0.1, 0.15) is 33.6 Å². The van der Waals surface area contributed by atoms with Gasteiger partial charge in [-0.15, -0.1) is 0 Å². The van der Waals surface area contributed by atoms with Crippen LogP contribution < -0.4 is 9.64 Å². The number of carbonyl (C=O) groups is 3. The maximum absolute atomic E-state index is 15.2. The average molecular weight is 517 g/mol. The summed E-state index contributed by atoms with van der Waals surface area (Å²) in [5.74, 6) is -1.97. The molecule has 0 saturated carbocycles. The maximum atomic E-state index is 15.2. The van der Waals surface area contributed by atoms with Crippen LogP contribution >= 0.6 is 0 Å². The number of para-hydroxylation sites is 1. The Morgan fingerprint density at radius 1 is 1.03 bits per heavy atom. The van der Waals surface area contributed by atoms with Crippen LogP contribution in [0, 0.1) is 11.7 Å². The highest BCUT2D eigenvalue weighted by Gasteiger charge is 2.31. The van der Waals surface area contributed by atoms with Crippen molar-refractivity contribution in [2.75, 3.05) is 38.8 Å². The van der Waals surface area contributed by atoms with Gasteiger partial charge in [0.05, 0.1) is 26.4 Å². The molecule has 0 N–H and O–H groups in total. The summed E-state index contributed by atoms with van der Waals surface area (Å²) in [5.41, 5.74) is -0.911. The van der Waals surface area contributed by atoms with Gasteiger partial charge < -0.3 is 28.7 Å². The van der Waals surface area contributed by atoms with E-state index in [1.807, 2.05) is 20.8 Å². The Kier molecular flexibility index (Phi) is 8.96. The monoisotopic (exact) mass is 516 g/mol. The molecule has 0 aromatic heterocycles. The van der Waals surface area contributed by atoms with E-state index in [-0.39, 0.29) is 41.3 Å². The van der Waals surface area contributed by atoms with Crippen molar-refractivity contribution in [3.8, 4) is 5.75 Å². The third kappa shape index (κ3) is 6.90. The lowest BCUT2D eigenvalue weighted by atomic mass is 9.98. The molecule has 0 aliphatic carbocycles. The van der Waals surface area contributed by atoms with Crippen LogP contribution in [-0.4, -0.2) is 62.4 Å². The molecule has 37 heavy (non-hydrogen) atoms. The minimum absolute atomic E-state index is 0.0459. The van der Waals surface area contributed by atoms with E-state index in [2.05, 4.69) is 0 Å². The van der Waals surface area contributed by atoms with Crippen molar-refractivity contribution in [3.05, 3.63) is 59.7 Å². The lowest BCUT2D eigenvalue weighted by Crippen LogP contribution is -2.42. The lowest BCUT2D eigenvalue weighted by molar-refractivity contribution is -0.139. The molecule has 2 aliphatic rings. The number of amides is 1. The minimum atomic E-state index is -0.847. The van der Waals surface area contributed by atoms with Gasteiger partial charge in [-0.1, -0.05) is 12.1 Å². The predicted molar refractivity (Wildman–Crippen MR) is 134 cm³/mol. The van der Waals surface area contributed by atoms with Crippen molar-refractivity contribution in [1.82, 2.24) is 4.90 Å². The summed E-state index contributed by atoms with van der Waals surface area (Å²) in [6, 6.07) is 4.33. The molecule has 9 nitrogen and oxygen atoms in total. The number of methoxy groups -OCH3 is 2. The fraction of sp³-hybridized carbons (Fsp3) is 0.444. The van der Waals surface area contributed by atoms with E-state index >= 15 is 4.39 Å². The van der Waals surface area contributed by atoms with E-state index in [1.54, 1.807) is 17.0 Å². The zero-order valence-electron chi connectivity index (χ0n) is 21.8. The molecule has 1 amide bonds. The van der Waals surface area contributed by atoms with Crippen molar-refractivity contribution in [1.29, 1.82) is 0 Å². The second-order valence-corrected chi connectivity index (χ2v) is 9.62. The van der Waals surface area contributed by atoms with Gasteiger partial charge in [0.15, 0.2) is 5.82 Å². The first-order valence-corrected chi connectivity index (χ1v) is 12.0. The molecule has 0 spiro atoms. The predicted octanol–water partition coefficient (Wildman–Crippen LogP) is 4.34. The number of rotatable bonds is 6. The number of esters is 2. The van der Waals surface area contributed by atoms with Gasteiger partial charge >= 0.3 is 18.0 Å². The summed E-state index contributed by atoms with van der Waals surface area (Å²) in [6.07, 6.45) is 6.98. The fourth-order valence-electron chi connectivity index (χ4n) is 4.00. The number of likely N-dealkylation sites (tertiary alicyclic amines) is 1. The molecule has 10 heteroatoms.